The van der Waals surface area contributed by atoms with E-state index in [1.807, 2.05) is 13.8 Å². The van der Waals surface area contributed by atoms with Crippen LogP contribution in [0.2, 0.25) is 0 Å². The Hall–Kier alpha value is -1.10. The number of carbonyl (C=O) groups is 2. The van der Waals surface area contributed by atoms with Crippen LogP contribution in [-0.4, -0.2) is 47.7 Å². The smallest absolute Gasteiger partial charge is 0.326 e. The lowest BCUT2D eigenvalue weighted by molar-refractivity contribution is -0.160. The zero-order valence-corrected chi connectivity index (χ0v) is 11.0. The van der Waals surface area contributed by atoms with Gasteiger partial charge in [-0.15, -0.1) is 0 Å². The van der Waals surface area contributed by atoms with Gasteiger partial charge in [0, 0.05) is 13.2 Å². The average molecular weight is 255 g/mol. The average Bonchev–Trinajstić information content (AvgIpc) is 2.79. The van der Waals surface area contributed by atoms with Crippen molar-refractivity contribution in [3.63, 3.8) is 0 Å². The maximum absolute atomic E-state index is 12.4. The Kier molecular flexibility index (Phi) is 3.61. The van der Waals surface area contributed by atoms with Crippen molar-refractivity contribution in [3.8, 4) is 0 Å². The van der Waals surface area contributed by atoms with Gasteiger partial charge in [-0.05, 0) is 24.7 Å². The molecular weight excluding hydrogens is 234 g/mol. The molecule has 0 saturated carbocycles. The van der Waals surface area contributed by atoms with Crippen LogP contribution in [0.4, 0.5) is 0 Å². The highest BCUT2D eigenvalue weighted by Gasteiger charge is 2.46. The van der Waals surface area contributed by atoms with Crippen molar-refractivity contribution >= 4 is 11.9 Å². The number of hydrogen-bond acceptors (Lipinski definition) is 3. The predicted octanol–water partition coefficient (Wildman–Crippen LogP) is 1.12. The minimum Gasteiger partial charge on any atom is -0.480 e. The lowest BCUT2D eigenvalue weighted by atomic mass is 9.76. The molecule has 2 fully saturated rings. The number of rotatable bonds is 2. The third kappa shape index (κ3) is 2.36. The number of nitrogens with zero attached hydrogens (tertiary/aromatic N) is 1. The molecule has 5 nitrogen and oxygen atoms in total. The number of amides is 1. The van der Waals surface area contributed by atoms with Crippen LogP contribution in [0.3, 0.4) is 0 Å². The van der Waals surface area contributed by atoms with Crippen molar-refractivity contribution in [2.75, 3.05) is 19.8 Å². The molecule has 2 unspecified atom stereocenters. The topological polar surface area (TPSA) is 66.8 Å². The molecule has 0 radical (unpaired) electrons. The van der Waals surface area contributed by atoms with Crippen LogP contribution < -0.4 is 0 Å². The van der Waals surface area contributed by atoms with Gasteiger partial charge in [0.1, 0.15) is 6.04 Å². The van der Waals surface area contributed by atoms with E-state index in [2.05, 4.69) is 0 Å². The van der Waals surface area contributed by atoms with Crippen molar-refractivity contribution in [1.82, 2.24) is 4.90 Å². The number of hydrogen-bond donors (Lipinski definition) is 1. The first-order valence-electron chi connectivity index (χ1n) is 6.54. The van der Waals surface area contributed by atoms with E-state index in [1.165, 1.54) is 0 Å². The largest absolute Gasteiger partial charge is 0.480 e. The van der Waals surface area contributed by atoms with Crippen molar-refractivity contribution in [2.24, 2.45) is 11.3 Å². The Morgan fingerprint density at radius 3 is 2.67 bits per heavy atom. The number of likely N-dealkylation sites (tertiary alicyclic amines) is 1. The van der Waals surface area contributed by atoms with E-state index in [0.29, 0.717) is 26.2 Å². The zero-order valence-electron chi connectivity index (χ0n) is 11.0. The Bertz CT molecular complexity index is 347. The van der Waals surface area contributed by atoms with Crippen molar-refractivity contribution in [2.45, 2.75) is 39.2 Å². The van der Waals surface area contributed by atoms with Crippen molar-refractivity contribution < 1.29 is 19.4 Å². The maximum atomic E-state index is 12.4. The third-order valence-electron chi connectivity index (χ3n) is 4.07. The van der Waals surface area contributed by atoms with Gasteiger partial charge in [-0.25, -0.2) is 4.79 Å². The standard InChI is InChI=1S/C13H21NO4/c1-13(2)5-3-6-14(10(13)12(16)17)11(15)9-4-7-18-8-9/h9-10H,3-8H2,1-2H3,(H,16,17). The predicted molar refractivity (Wildman–Crippen MR) is 65.1 cm³/mol. The Labute approximate surface area is 107 Å². The second-order valence-electron chi connectivity index (χ2n) is 5.93. The fourth-order valence-electron chi connectivity index (χ4n) is 3.06. The summed E-state index contributed by atoms with van der Waals surface area (Å²) in [4.78, 5) is 25.4. The van der Waals surface area contributed by atoms with Crippen LogP contribution >= 0.6 is 0 Å². The summed E-state index contributed by atoms with van der Waals surface area (Å²) in [6, 6.07) is -0.709. The van der Waals surface area contributed by atoms with Crippen molar-refractivity contribution in [1.29, 1.82) is 0 Å². The molecule has 2 rings (SSSR count). The van der Waals surface area contributed by atoms with Gasteiger partial charge in [-0.2, -0.15) is 0 Å². The first kappa shape index (κ1) is 13.3. The Morgan fingerprint density at radius 1 is 1.39 bits per heavy atom. The summed E-state index contributed by atoms with van der Waals surface area (Å²) in [6.07, 6.45) is 2.42. The summed E-state index contributed by atoms with van der Waals surface area (Å²) in [5.74, 6) is -1.10. The molecule has 0 aliphatic carbocycles. The third-order valence-corrected chi connectivity index (χ3v) is 4.07. The van der Waals surface area contributed by atoms with Crippen LogP contribution in [0.15, 0.2) is 0 Å². The molecule has 0 aromatic carbocycles. The molecule has 0 spiro atoms. The van der Waals surface area contributed by atoms with E-state index < -0.39 is 12.0 Å². The first-order valence-corrected chi connectivity index (χ1v) is 6.54. The summed E-state index contributed by atoms with van der Waals surface area (Å²) in [5.41, 5.74) is -0.362. The maximum Gasteiger partial charge on any atom is 0.326 e. The number of aliphatic carboxylic acids is 1. The van der Waals surface area contributed by atoms with Gasteiger partial charge in [0.2, 0.25) is 5.91 Å². The van der Waals surface area contributed by atoms with Gasteiger partial charge in [-0.3, -0.25) is 4.79 Å². The van der Waals surface area contributed by atoms with Crippen LogP contribution in [0.1, 0.15) is 33.1 Å². The van der Waals surface area contributed by atoms with Gasteiger partial charge in [0.05, 0.1) is 12.5 Å². The Morgan fingerprint density at radius 2 is 2.11 bits per heavy atom. The minimum absolute atomic E-state index is 0.0484. The number of carboxylic acids is 1. The normalized spacial score (nSPS) is 31.3. The second kappa shape index (κ2) is 4.88. The molecule has 2 atom stereocenters. The first-order chi connectivity index (χ1) is 8.43. The van der Waals surface area contributed by atoms with Gasteiger partial charge in [-0.1, -0.05) is 13.8 Å². The van der Waals surface area contributed by atoms with Gasteiger partial charge < -0.3 is 14.7 Å². The molecule has 0 aromatic heterocycles. The molecule has 2 aliphatic heterocycles. The van der Waals surface area contributed by atoms with E-state index >= 15 is 0 Å². The van der Waals surface area contributed by atoms with E-state index in [-0.39, 0.29) is 17.2 Å². The van der Waals surface area contributed by atoms with Crippen molar-refractivity contribution in [3.05, 3.63) is 0 Å². The molecule has 1 amide bonds. The van der Waals surface area contributed by atoms with E-state index in [9.17, 15) is 14.7 Å². The number of carboxylic acid groups (broad SMARTS) is 1. The van der Waals surface area contributed by atoms with Crippen LogP contribution in [0.25, 0.3) is 0 Å². The highest BCUT2D eigenvalue weighted by Crippen LogP contribution is 2.36. The van der Waals surface area contributed by atoms with E-state index in [1.54, 1.807) is 4.90 Å². The molecule has 0 aromatic rings. The highest BCUT2D eigenvalue weighted by atomic mass is 16.5. The summed E-state index contributed by atoms with van der Waals surface area (Å²) >= 11 is 0. The lowest BCUT2D eigenvalue weighted by Crippen LogP contribution is -2.57. The molecule has 5 heteroatoms. The molecule has 1 N–H and O–H groups in total. The number of ether oxygens (including phenoxy) is 1. The van der Waals surface area contributed by atoms with E-state index in [4.69, 9.17) is 4.74 Å². The molecule has 0 bridgehead atoms. The molecule has 2 heterocycles. The van der Waals surface area contributed by atoms with Crippen LogP contribution in [0, 0.1) is 11.3 Å². The van der Waals surface area contributed by atoms with E-state index in [0.717, 1.165) is 12.8 Å². The molecule has 102 valence electrons. The summed E-state index contributed by atoms with van der Waals surface area (Å²) in [6.45, 7) is 5.44. The fraction of sp³-hybridized carbons (Fsp3) is 0.846. The number of carbonyl (C=O) groups excluding carboxylic acids is 1. The van der Waals surface area contributed by atoms with Gasteiger partial charge in [0.25, 0.3) is 0 Å². The Balaban J connectivity index is 2.18. The molecular formula is C13H21NO4. The van der Waals surface area contributed by atoms with Gasteiger partial charge >= 0.3 is 5.97 Å². The summed E-state index contributed by atoms with van der Waals surface area (Å²) < 4.78 is 5.22. The minimum atomic E-state index is -0.896. The zero-order chi connectivity index (χ0) is 13.3. The molecule has 2 saturated heterocycles. The molecule has 2 aliphatic rings. The number of piperidine rings is 1. The fourth-order valence-corrected chi connectivity index (χ4v) is 3.06. The quantitative estimate of drug-likeness (QED) is 0.803. The highest BCUT2D eigenvalue weighted by molar-refractivity contribution is 5.86. The molecule has 18 heavy (non-hydrogen) atoms. The summed E-state index contributed by atoms with van der Waals surface area (Å²) in [5, 5.41) is 9.41. The van der Waals surface area contributed by atoms with Crippen LogP contribution in [0.5, 0.6) is 0 Å². The SMILES string of the molecule is CC1(C)CCCN(C(=O)C2CCOC2)C1C(=O)O. The monoisotopic (exact) mass is 255 g/mol. The summed E-state index contributed by atoms with van der Waals surface area (Å²) in [7, 11) is 0. The second-order valence-corrected chi connectivity index (χ2v) is 5.93. The van der Waals surface area contributed by atoms with Crippen LogP contribution in [-0.2, 0) is 14.3 Å². The van der Waals surface area contributed by atoms with Gasteiger partial charge in [0.15, 0.2) is 0 Å². The lowest BCUT2D eigenvalue weighted by Gasteiger charge is -2.44.